The zero-order valence-electron chi connectivity index (χ0n) is 22.2. The number of H-pyrrole nitrogens is 1. The number of nitrogens with zero attached hydrogens (tertiary/aromatic N) is 2. The number of anilines is 2. The lowest BCUT2D eigenvalue weighted by Gasteiger charge is -2.36. The Hall–Kier alpha value is -4.25. The number of ether oxygens (including phenoxy) is 1. The predicted octanol–water partition coefficient (Wildman–Crippen LogP) is 6.31. The normalized spacial score (nSPS) is 20.1. The summed E-state index contributed by atoms with van der Waals surface area (Å²) in [5.74, 6) is -2.11. The molecule has 3 N–H and O–H groups in total. The molecule has 1 fully saturated rings. The molecule has 0 aliphatic carbocycles. The van der Waals surface area contributed by atoms with Gasteiger partial charge in [-0.3, -0.25) is 14.9 Å². The van der Waals surface area contributed by atoms with Crippen molar-refractivity contribution in [2.24, 2.45) is 0 Å². The standard InChI is InChI=1S/C29H28ClF2N5O4/c1-41-29(40)34-17-7-8-18-21(14-17)35-24(38)6-4-2-3-5-23(28-33-15-22(18)36-28)37-12-11-16(13-25(37)39)26-20(31)10-9-19(30)27(26)32/h2-3,7-10,14-16,23H,4-6,11-13H2,1H3,(H,33,36)(H,34,40)(H,35,38)/b3-2+. The van der Waals surface area contributed by atoms with Crippen LogP contribution >= 0.6 is 11.6 Å². The third-order valence-electron chi connectivity index (χ3n) is 7.30. The van der Waals surface area contributed by atoms with E-state index < -0.39 is 29.7 Å². The van der Waals surface area contributed by atoms with E-state index in [0.29, 0.717) is 47.7 Å². The van der Waals surface area contributed by atoms with Gasteiger partial charge in [-0.05, 0) is 49.6 Å². The Kier molecular flexibility index (Phi) is 8.34. The lowest BCUT2D eigenvalue weighted by Crippen LogP contribution is -2.41. The Morgan fingerprint density at radius 2 is 2.02 bits per heavy atom. The SMILES string of the molecule is COC(=O)Nc1ccc2c(c1)NC(=O)CC/C=C/CC(N1CCC(c3c(F)ccc(Cl)c3F)CC1=O)c1nc-2c[nH]1. The van der Waals surface area contributed by atoms with Gasteiger partial charge in [-0.25, -0.2) is 18.6 Å². The largest absolute Gasteiger partial charge is 0.453 e. The molecule has 2 aliphatic rings. The lowest BCUT2D eigenvalue weighted by molar-refractivity contribution is -0.136. The Morgan fingerprint density at radius 3 is 2.80 bits per heavy atom. The van der Waals surface area contributed by atoms with Crippen molar-refractivity contribution in [2.75, 3.05) is 24.3 Å². The average molecular weight is 584 g/mol. The maximum absolute atomic E-state index is 14.7. The number of halogens is 3. The topological polar surface area (TPSA) is 116 Å². The fourth-order valence-corrected chi connectivity index (χ4v) is 5.43. The number of allylic oxidation sites excluding steroid dienone is 1. The quantitative estimate of drug-likeness (QED) is 0.247. The molecule has 12 heteroatoms. The van der Waals surface area contributed by atoms with Crippen molar-refractivity contribution in [1.29, 1.82) is 0 Å². The fraction of sp³-hybridized carbons (Fsp3) is 0.310. The molecule has 3 amide bonds. The molecule has 3 aromatic rings. The molecule has 2 aromatic carbocycles. The number of methoxy groups -OCH3 is 1. The number of fused-ring (bicyclic) bond motifs is 4. The molecular formula is C29H28ClF2N5O4. The molecule has 0 spiro atoms. The van der Waals surface area contributed by atoms with Gasteiger partial charge in [-0.2, -0.15) is 0 Å². The van der Waals surface area contributed by atoms with E-state index in [2.05, 4.69) is 20.4 Å². The predicted molar refractivity (Wildman–Crippen MR) is 149 cm³/mol. The zero-order valence-corrected chi connectivity index (χ0v) is 22.9. The molecule has 0 radical (unpaired) electrons. The lowest BCUT2D eigenvalue weighted by atomic mass is 9.87. The van der Waals surface area contributed by atoms with Gasteiger partial charge in [0.1, 0.15) is 17.5 Å². The van der Waals surface area contributed by atoms with E-state index in [1.807, 2.05) is 12.2 Å². The van der Waals surface area contributed by atoms with Gasteiger partial charge in [-0.1, -0.05) is 23.8 Å². The van der Waals surface area contributed by atoms with E-state index in [-0.39, 0.29) is 41.8 Å². The van der Waals surface area contributed by atoms with Gasteiger partial charge in [0, 0.05) is 48.3 Å². The summed E-state index contributed by atoms with van der Waals surface area (Å²) in [7, 11) is 1.25. The van der Waals surface area contributed by atoms with Gasteiger partial charge in [0.25, 0.3) is 0 Å². The van der Waals surface area contributed by atoms with Gasteiger partial charge in [0.05, 0.1) is 29.6 Å². The molecule has 2 aliphatic heterocycles. The van der Waals surface area contributed by atoms with E-state index in [4.69, 9.17) is 16.6 Å². The van der Waals surface area contributed by atoms with Crippen molar-refractivity contribution in [2.45, 2.75) is 44.1 Å². The van der Waals surface area contributed by atoms with Crippen LogP contribution in [0.4, 0.5) is 25.0 Å². The van der Waals surface area contributed by atoms with Crippen molar-refractivity contribution in [1.82, 2.24) is 14.9 Å². The third-order valence-corrected chi connectivity index (χ3v) is 7.59. The van der Waals surface area contributed by atoms with Crippen LogP contribution in [-0.4, -0.2) is 46.4 Å². The Labute approximate surface area is 239 Å². The van der Waals surface area contributed by atoms with Gasteiger partial charge in [0.2, 0.25) is 11.8 Å². The highest BCUT2D eigenvalue weighted by atomic mass is 35.5. The van der Waals surface area contributed by atoms with E-state index in [1.165, 1.54) is 7.11 Å². The smallest absolute Gasteiger partial charge is 0.411 e. The molecule has 0 saturated carbocycles. The molecule has 5 rings (SSSR count). The summed E-state index contributed by atoms with van der Waals surface area (Å²) in [5, 5.41) is 5.29. The van der Waals surface area contributed by atoms with E-state index in [0.717, 1.165) is 12.1 Å². The second-order valence-electron chi connectivity index (χ2n) is 9.89. The number of hydrogen-bond donors (Lipinski definition) is 3. The van der Waals surface area contributed by atoms with Crippen LogP contribution in [0.15, 0.2) is 48.7 Å². The highest BCUT2D eigenvalue weighted by molar-refractivity contribution is 6.30. The number of carbonyl (C=O) groups excluding carboxylic acids is 3. The summed E-state index contributed by atoms with van der Waals surface area (Å²) in [6, 6.07) is 6.82. The highest BCUT2D eigenvalue weighted by Gasteiger charge is 2.35. The molecule has 9 nitrogen and oxygen atoms in total. The number of piperidine rings is 1. The van der Waals surface area contributed by atoms with E-state index in [1.54, 1.807) is 29.3 Å². The number of rotatable bonds is 3. The Bertz CT molecular complexity index is 1520. The van der Waals surface area contributed by atoms with Crippen molar-refractivity contribution >= 4 is 40.9 Å². The summed E-state index contributed by atoms with van der Waals surface area (Å²) < 4.78 is 33.9. The van der Waals surface area contributed by atoms with Crippen LogP contribution in [-0.2, 0) is 14.3 Å². The number of likely N-dealkylation sites (tertiary alicyclic amines) is 1. The molecule has 2 atom stereocenters. The summed E-state index contributed by atoms with van der Waals surface area (Å²) in [5.41, 5.74) is 1.85. The van der Waals surface area contributed by atoms with Crippen LogP contribution in [0.5, 0.6) is 0 Å². The minimum absolute atomic E-state index is 0.0702. The van der Waals surface area contributed by atoms with Crippen molar-refractivity contribution in [3.63, 3.8) is 0 Å². The van der Waals surface area contributed by atoms with Crippen LogP contribution in [0.25, 0.3) is 11.3 Å². The van der Waals surface area contributed by atoms with E-state index >= 15 is 0 Å². The van der Waals surface area contributed by atoms with Crippen LogP contribution in [0.2, 0.25) is 5.02 Å². The summed E-state index contributed by atoms with van der Waals surface area (Å²) in [6.07, 6.45) is 6.22. The number of amides is 3. The van der Waals surface area contributed by atoms with E-state index in [9.17, 15) is 23.2 Å². The maximum atomic E-state index is 14.7. The highest BCUT2D eigenvalue weighted by Crippen LogP contribution is 2.38. The first-order chi connectivity index (χ1) is 19.7. The minimum Gasteiger partial charge on any atom is -0.453 e. The summed E-state index contributed by atoms with van der Waals surface area (Å²) >= 11 is 5.89. The molecule has 1 aromatic heterocycles. The van der Waals surface area contributed by atoms with Crippen molar-refractivity contribution in [3.8, 4) is 11.3 Å². The second-order valence-corrected chi connectivity index (χ2v) is 10.3. The first-order valence-corrected chi connectivity index (χ1v) is 13.6. The number of benzene rings is 2. The number of aromatic amines is 1. The molecule has 3 heterocycles. The number of nitrogens with one attached hydrogen (secondary N) is 3. The van der Waals surface area contributed by atoms with Gasteiger partial charge >= 0.3 is 6.09 Å². The van der Waals surface area contributed by atoms with Crippen molar-refractivity contribution in [3.05, 3.63) is 76.7 Å². The summed E-state index contributed by atoms with van der Waals surface area (Å²) in [4.78, 5) is 47.4. The van der Waals surface area contributed by atoms with Crippen LogP contribution in [0, 0.1) is 11.6 Å². The van der Waals surface area contributed by atoms with Crippen molar-refractivity contribution < 1.29 is 27.9 Å². The van der Waals surface area contributed by atoms with Gasteiger partial charge in [0.15, 0.2) is 0 Å². The monoisotopic (exact) mass is 583 g/mol. The Morgan fingerprint density at radius 1 is 1.20 bits per heavy atom. The van der Waals surface area contributed by atoms with Crippen LogP contribution in [0.1, 0.15) is 55.5 Å². The van der Waals surface area contributed by atoms with Crippen LogP contribution in [0.3, 0.4) is 0 Å². The molecule has 1 saturated heterocycles. The number of aromatic nitrogens is 2. The van der Waals surface area contributed by atoms with Gasteiger partial charge < -0.3 is 19.9 Å². The zero-order chi connectivity index (χ0) is 29.1. The second kappa shape index (κ2) is 12.1. The molecular weight excluding hydrogens is 556 g/mol. The molecule has 214 valence electrons. The first kappa shape index (κ1) is 28.3. The molecule has 2 unspecified atom stereocenters. The van der Waals surface area contributed by atoms with Crippen LogP contribution < -0.4 is 10.6 Å². The third kappa shape index (κ3) is 6.09. The minimum atomic E-state index is -0.828. The number of imidazole rings is 1. The van der Waals surface area contributed by atoms with Gasteiger partial charge in [-0.15, -0.1) is 0 Å². The average Bonchev–Trinajstić information content (AvgIpc) is 3.43. The molecule has 2 bridgehead atoms. The first-order valence-electron chi connectivity index (χ1n) is 13.2. The number of carbonyl (C=O) groups is 3. The fourth-order valence-electron chi connectivity index (χ4n) is 5.26. The molecule has 41 heavy (non-hydrogen) atoms. The number of hydrogen-bond acceptors (Lipinski definition) is 5. The Balaban J connectivity index is 1.44. The maximum Gasteiger partial charge on any atom is 0.411 e. The summed E-state index contributed by atoms with van der Waals surface area (Å²) in [6.45, 7) is 0.266.